The van der Waals surface area contributed by atoms with Crippen molar-refractivity contribution in [3.8, 4) is 0 Å². The highest BCUT2D eigenvalue weighted by molar-refractivity contribution is 5.91. The first-order valence-electron chi connectivity index (χ1n) is 8.32. The summed E-state index contributed by atoms with van der Waals surface area (Å²) < 4.78 is 44.5. The number of hydrogen-bond acceptors (Lipinski definition) is 4. The molecule has 2 N–H and O–H groups in total. The van der Waals surface area contributed by atoms with Gasteiger partial charge in [0, 0.05) is 25.3 Å². The minimum atomic E-state index is -4.57. The lowest BCUT2D eigenvalue weighted by atomic mass is 9.98. The summed E-state index contributed by atoms with van der Waals surface area (Å²) in [7, 11) is 0. The molecule has 1 aromatic carbocycles. The molecule has 1 fully saturated rings. The second-order valence-corrected chi connectivity index (χ2v) is 6.10. The predicted octanol–water partition coefficient (Wildman–Crippen LogP) is 3.68. The van der Waals surface area contributed by atoms with Gasteiger partial charge in [0.15, 0.2) is 0 Å². The number of nitrogens with one attached hydrogen (secondary N) is 1. The molecule has 9 heteroatoms. The number of rotatable bonds is 5. The molecule has 1 aliphatic rings. The second kappa shape index (κ2) is 8.29. The number of piperidine rings is 1. The van der Waals surface area contributed by atoms with E-state index in [1.54, 1.807) is 6.92 Å². The van der Waals surface area contributed by atoms with Crippen molar-refractivity contribution < 1.29 is 32.6 Å². The lowest BCUT2D eigenvalue weighted by molar-refractivity contribution is -0.137. The number of carbonyl (C=O) groups is 2. The van der Waals surface area contributed by atoms with E-state index in [2.05, 4.69) is 5.32 Å². The van der Waals surface area contributed by atoms with Gasteiger partial charge in [-0.15, -0.1) is 0 Å². The molecule has 0 bridgehead atoms. The van der Waals surface area contributed by atoms with E-state index in [4.69, 9.17) is 9.84 Å². The Morgan fingerprint density at radius 2 is 2.12 bits per heavy atom. The van der Waals surface area contributed by atoms with E-state index in [0.717, 1.165) is 24.6 Å². The summed E-state index contributed by atoms with van der Waals surface area (Å²) >= 11 is 0. The maximum atomic E-state index is 13.2. The van der Waals surface area contributed by atoms with Crippen LogP contribution in [-0.4, -0.2) is 48.3 Å². The number of carbonyl (C=O) groups excluding carboxylic acids is 1. The SMILES string of the molecule is CCOC(=O)c1ccc(C(F)(F)F)c(NC[C@H]2CCCN(C(=O)O)C2)c1. The molecule has 1 aromatic rings. The van der Waals surface area contributed by atoms with Crippen LogP contribution in [0.5, 0.6) is 0 Å². The van der Waals surface area contributed by atoms with Crippen LogP contribution in [0.3, 0.4) is 0 Å². The van der Waals surface area contributed by atoms with Crippen molar-refractivity contribution in [2.75, 3.05) is 31.6 Å². The zero-order valence-corrected chi connectivity index (χ0v) is 14.3. The summed E-state index contributed by atoms with van der Waals surface area (Å²) in [4.78, 5) is 24.1. The molecular formula is C17H21F3N2O4. The molecule has 0 spiro atoms. The molecule has 0 aromatic heterocycles. The van der Waals surface area contributed by atoms with Gasteiger partial charge in [-0.05, 0) is 43.9 Å². The van der Waals surface area contributed by atoms with Crippen LogP contribution in [0.2, 0.25) is 0 Å². The summed E-state index contributed by atoms with van der Waals surface area (Å²) in [5.41, 5.74) is -1.06. The third-order valence-electron chi connectivity index (χ3n) is 4.21. The van der Waals surface area contributed by atoms with Crippen molar-refractivity contribution in [3.05, 3.63) is 29.3 Å². The van der Waals surface area contributed by atoms with Gasteiger partial charge in [0.2, 0.25) is 0 Å². The molecule has 144 valence electrons. The highest BCUT2D eigenvalue weighted by atomic mass is 19.4. The van der Waals surface area contributed by atoms with Gasteiger partial charge in [0.25, 0.3) is 0 Å². The topological polar surface area (TPSA) is 78.9 Å². The first kappa shape index (κ1) is 19.9. The van der Waals surface area contributed by atoms with E-state index in [9.17, 15) is 22.8 Å². The largest absolute Gasteiger partial charge is 0.465 e. The third-order valence-corrected chi connectivity index (χ3v) is 4.21. The monoisotopic (exact) mass is 374 g/mol. The standard InChI is InChI=1S/C17H21F3N2O4/c1-2-26-15(23)12-5-6-13(17(18,19)20)14(8-12)21-9-11-4-3-7-22(10-11)16(24)25/h5-6,8,11,21H,2-4,7,9-10H2,1H3,(H,24,25)/t11-/m1/s1. The number of hydrogen-bond donors (Lipinski definition) is 2. The number of nitrogens with zero attached hydrogens (tertiary/aromatic N) is 1. The normalized spacial score (nSPS) is 17.7. The lowest BCUT2D eigenvalue weighted by Crippen LogP contribution is -2.41. The fraction of sp³-hybridized carbons (Fsp3) is 0.529. The first-order valence-corrected chi connectivity index (χ1v) is 8.32. The van der Waals surface area contributed by atoms with Gasteiger partial charge in [0.1, 0.15) is 0 Å². The molecule has 2 rings (SSSR count). The van der Waals surface area contributed by atoms with E-state index in [1.165, 1.54) is 4.90 Å². The molecule has 1 atom stereocenters. The minimum Gasteiger partial charge on any atom is -0.465 e. The number of halogens is 3. The highest BCUT2D eigenvalue weighted by Crippen LogP contribution is 2.35. The van der Waals surface area contributed by atoms with Crippen molar-refractivity contribution in [2.24, 2.45) is 5.92 Å². The molecule has 6 nitrogen and oxygen atoms in total. The Morgan fingerprint density at radius 3 is 2.73 bits per heavy atom. The number of likely N-dealkylation sites (tertiary alicyclic amines) is 1. The average Bonchev–Trinajstić information content (AvgIpc) is 2.59. The Balaban J connectivity index is 2.16. The first-order chi connectivity index (χ1) is 12.2. The maximum absolute atomic E-state index is 13.2. The number of alkyl halides is 3. The van der Waals surface area contributed by atoms with Crippen LogP contribution in [0.4, 0.5) is 23.7 Å². The van der Waals surface area contributed by atoms with E-state index in [0.29, 0.717) is 13.0 Å². The van der Waals surface area contributed by atoms with E-state index in [1.807, 2.05) is 0 Å². The molecule has 0 radical (unpaired) electrons. The molecule has 1 heterocycles. The minimum absolute atomic E-state index is 0.0261. The van der Waals surface area contributed by atoms with Crippen LogP contribution in [0, 0.1) is 5.92 Å². The Kier molecular flexibility index (Phi) is 6.33. The van der Waals surface area contributed by atoms with E-state index < -0.39 is 23.8 Å². The van der Waals surface area contributed by atoms with Gasteiger partial charge in [-0.25, -0.2) is 9.59 Å². The van der Waals surface area contributed by atoms with Gasteiger partial charge >= 0.3 is 18.2 Å². The van der Waals surface area contributed by atoms with Crippen molar-refractivity contribution in [3.63, 3.8) is 0 Å². The van der Waals surface area contributed by atoms with Gasteiger partial charge in [-0.2, -0.15) is 13.2 Å². The quantitative estimate of drug-likeness (QED) is 0.769. The van der Waals surface area contributed by atoms with Crippen molar-refractivity contribution in [1.29, 1.82) is 0 Å². The smallest absolute Gasteiger partial charge is 0.418 e. The number of amides is 1. The lowest BCUT2D eigenvalue weighted by Gasteiger charge is -2.31. The van der Waals surface area contributed by atoms with Crippen molar-refractivity contribution >= 4 is 17.7 Å². The van der Waals surface area contributed by atoms with Crippen LogP contribution in [0.25, 0.3) is 0 Å². The van der Waals surface area contributed by atoms with Crippen LogP contribution in [0.15, 0.2) is 18.2 Å². The van der Waals surface area contributed by atoms with Gasteiger partial charge < -0.3 is 20.1 Å². The molecular weight excluding hydrogens is 353 g/mol. The summed E-state index contributed by atoms with van der Waals surface area (Å²) in [6, 6.07) is 3.05. The van der Waals surface area contributed by atoms with Gasteiger partial charge in [0.05, 0.1) is 17.7 Å². The number of esters is 1. The summed E-state index contributed by atoms with van der Waals surface area (Å²) in [6.45, 7) is 2.60. The molecule has 1 aliphatic heterocycles. The maximum Gasteiger partial charge on any atom is 0.418 e. The zero-order valence-electron chi connectivity index (χ0n) is 14.3. The molecule has 1 amide bonds. The average molecular weight is 374 g/mol. The van der Waals surface area contributed by atoms with Crippen molar-refractivity contribution in [2.45, 2.75) is 25.9 Å². The van der Waals surface area contributed by atoms with Crippen LogP contribution >= 0.6 is 0 Å². The summed E-state index contributed by atoms with van der Waals surface area (Å²) in [5.74, 6) is -0.800. The molecule has 0 aliphatic carbocycles. The predicted molar refractivity (Wildman–Crippen MR) is 88.2 cm³/mol. The molecule has 0 unspecified atom stereocenters. The Labute approximate surface area is 148 Å². The fourth-order valence-corrected chi connectivity index (χ4v) is 2.94. The van der Waals surface area contributed by atoms with Gasteiger partial charge in [-0.1, -0.05) is 0 Å². The van der Waals surface area contributed by atoms with Crippen molar-refractivity contribution in [1.82, 2.24) is 4.90 Å². The van der Waals surface area contributed by atoms with E-state index >= 15 is 0 Å². The fourth-order valence-electron chi connectivity index (χ4n) is 2.94. The second-order valence-electron chi connectivity index (χ2n) is 6.10. The highest BCUT2D eigenvalue weighted by Gasteiger charge is 2.34. The number of benzene rings is 1. The Morgan fingerprint density at radius 1 is 1.38 bits per heavy atom. The van der Waals surface area contributed by atoms with Crippen LogP contribution in [0.1, 0.15) is 35.7 Å². The number of carboxylic acid groups (broad SMARTS) is 1. The molecule has 1 saturated heterocycles. The van der Waals surface area contributed by atoms with Gasteiger partial charge in [-0.3, -0.25) is 0 Å². The number of ether oxygens (including phenoxy) is 1. The third kappa shape index (κ3) is 5.03. The Hall–Kier alpha value is -2.45. The number of anilines is 1. The van der Waals surface area contributed by atoms with Crippen LogP contribution < -0.4 is 5.32 Å². The van der Waals surface area contributed by atoms with E-state index in [-0.39, 0.29) is 36.9 Å². The van der Waals surface area contributed by atoms with Crippen LogP contribution in [-0.2, 0) is 10.9 Å². The molecule has 0 saturated carbocycles. The summed E-state index contributed by atoms with van der Waals surface area (Å²) in [5, 5.41) is 11.8. The molecule has 26 heavy (non-hydrogen) atoms. The summed E-state index contributed by atoms with van der Waals surface area (Å²) in [6.07, 6.45) is -4.23. The Bertz CT molecular complexity index is 664. The zero-order chi connectivity index (χ0) is 19.3.